The molecule has 0 aromatic heterocycles. The first-order valence-electron chi connectivity index (χ1n) is 7.24. The van der Waals surface area contributed by atoms with Crippen LogP contribution < -0.4 is 15.4 Å². The van der Waals surface area contributed by atoms with Crippen molar-refractivity contribution in [2.45, 2.75) is 6.92 Å². The molecule has 22 heavy (non-hydrogen) atoms. The van der Waals surface area contributed by atoms with Gasteiger partial charge in [-0.25, -0.2) is 0 Å². The molecule has 1 aromatic rings. The van der Waals surface area contributed by atoms with E-state index >= 15 is 0 Å². The molecule has 0 saturated carbocycles. The Hall–Kier alpha value is -1.01. The van der Waals surface area contributed by atoms with Crippen LogP contribution in [0.3, 0.4) is 0 Å². The minimum atomic E-state index is -0.0977. The van der Waals surface area contributed by atoms with Crippen LogP contribution in [0.4, 0.5) is 0 Å². The number of hydrogen-bond acceptors (Lipinski definition) is 4. The Morgan fingerprint density at radius 1 is 1.41 bits per heavy atom. The summed E-state index contributed by atoms with van der Waals surface area (Å²) in [6.07, 6.45) is 0. The lowest BCUT2D eigenvalue weighted by Gasteiger charge is -2.27. The summed E-state index contributed by atoms with van der Waals surface area (Å²) < 4.78 is 5.50. The second kappa shape index (κ2) is 9.90. The van der Waals surface area contributed by atoms with Crippen LogP contribution in [0, 0.1) is 6.92 Å². The zero-order valence-electron chi connectivity index (χ0n) is 12.7. The molecule has 1 fully saturated rings. The van der Waals surface area contributed by atoms with Gasteiger partial charge in [0.25, 0.3) is 5.91 Å². The molecule has 1 amide bonds. The molecule has 7 heteroatoms. The number of hydrogen-bond donors (Lipinski definition) is 2. The van der Waals surface area contributed by atoms with Gasteiger partial charge in [0.1, 0.15) is 5.75 Å². The lowest BCUT2D eigenvalue weighted by Crippen LogP contribution is -2.46. The molecule has 0 unspecified atom stereocenters. The molecule has 0 atom stereocenters. The fourth-order valence-corrected chi connectivity index (χ4v) is 2.48. The average Bonchev–Trinajstić information content (AvgIpc) is 2.47. The maximum atomic E-state index is 11.7. The lowest BCUT2D eigenvalue weighted by molar-refractivity contribution is -0.123. The maximum absolute atomic E-state index is 11.7. The molecule has 1 aromatic carbocycles. The Labute approximate surface area is 142 Å². The summed E-state index contributed by atoms with van der Waals surface area (Å²) in [5, 5.41) is 6.85. The average molecular weight is 348 g/mol. The molecule has 0 bridgehead atoms. The van der Waals surface area contributed by atoms with E-state index < -0.39 is 0 Å². The van der Waals surface area contributed by atoms with Gasteiger partial charge in [-0.1, -0.05) is 11.6 Å². The maximum Gasteiger partial charge on any atom is 0.257 e. The van der Waals surface area contributed by atoms with Crippen molar-refractivity contribution in [3.05, 3.63) is 28.8 Å². The lowest BCUT2D eigenvalue weighted by atomic mass is 10.2. The normalized spacial score (nSPS) is 15.0. The standard InChI is InChI=1S/C15H22ClN3O2.ClH/c1-12-10-13(16)2-3-14(12)21-11-15(20)18-6-9-19-7-4-17-5-8-19;/h2-3,10,17H,4-9,11H2,1H3,(H,18,20);1H. The molecule has 2 rings (SSSR count). The van der Waals surface area contributed by atoms with Crippen molar-refractivity contribution in [3.63, 3.8) is 0 Å². The summed E-state index contributed by atoms with van der Waals surface area (Å²) in [4.78, 5) is 14.1. The third-order valence-corrected chi connectivity index (χ3v) is 3.69. The first kappa shape index (κ1) is 19.0. The van der Waals surface area contributed by atoms with Gasteiger partial charge in [-0.2, -0.15) is 0 Å². The van der Waals surface area contributed by atoms with Crippen LogP contribution in [0.2, 0.25) is 5.02 Å². The van der Waals surface area contributed by atoms with Crippen LogP contribution in [0.25, 0.3) is 0 Å². The molecular formula is C15H23Cl2N3O2. The van der Waals surface area contributed by atoms with Crippen LogP contribution >= 0.6 is 24.0 Å². The van der Waals surface area contributed by atoms with Gasteiger partial charge in [0, 0.05) is 44.3 Å². The van der Waals surface area contributed by atoms with Gasteiger partial charge in [0.05, 0.1) is 0 Å². The zero-order chi connectivity index (χ0) is 15.1. The number of halogens is 2. The molecule has 0 radical (unpaired) electrons. The van der Waals surface area contributed by atoms with E-state index in [4.69, 9.17) is 16.3 Å². The molecule has 1 aliphatic heterocycles. The van der Waals surface area contributed by atoms with Crippen molar-refractivity contribution in [3.8, 4) is 5.75 Å². The van der Waals surface area contributed by atoms with Crippen molar-refractivity contribution in [2.24, 2.45) is 0 Å². The number of carbonyl (C=O) groups excluding carboxylic acids is 1. The number of ether oxygens (including phenoxy) is 1. The van der Waals surface area contributed by atoms with E-state index in [2.05, 4.69) is 15.5 Å². The second-order valence-electron chi connectivity index (χ2n) is 5.14. The summed E-state index contributed by atoms with van der Waals surface area (Å²) in [5.41, 5.74) is 0.927. The van der Waals surface area contributed by atoms with Gasteiger partial charge >= 0.3 is 0 Å². The highest BCUT2D eigenvalue weighted by atomic mass is 35.5. The van der Waals surface area contributed by atoms with Gasteiger partial charge in [-0.3, -0.25) is 9.69 Å². The number of carbonyl (C=O) groups is 1. The Morgan fingerprint density at radius 3 is 2.82 bits per heavy atom. The minimum Gasteiger partial charge on any atom is -0.484 e. The fourth-order valence-electron chi connectivity index (χ4n) is 2.26. The Balaban J connectivity index is 0.00000242. The van der Waals surface area contributed by atoms with Crippen LogP contribution in [0.5, 0.6) is 5.75 Å². The van der Waals surface area contributed by atoms with E-state index in [0.717, 1.165) is 38.3 Å². The van der Waals surface area contributed by atoms with Gasteiger partial charge in [0.2, 0.25) is 0 Å². The van der Waals surface area contributed by atoms with E-state index in [1.165, 1.54) is 0 Å². The molecule has 1 saturated heterocycles. The zero-order valence-corrected chi connectivity index (χ0v) is 14.3. The highest BCUT2D eigenvalue weighted by molar-refractivity contribution is 6.30. The van der Waals surface area contributed by atoms with Gasteiger partial charge in [0.15, 0.2) is 6.61 Å². The Morgan fingerprint density at radius 2 is 2.14 bits per heavy atom. The van der Waals surface area contributed by atoms with Crippen molar-refractivity contribution < 1.29 is 9.53 Å². The van der Waals surface area contributed by atoms with Gasteiger partial charge in [-0.15, -0.1) is 12.4 Å². The quantitative estimate of drug-likeness (QED) is 0.818. The van der Waals surface area contributed by atoms with Crippen LogP contribution in [0.1, 0.15) is 5.56 Å². The van der Waals surface area contributed by atoms with Crippen molar-refractivity contribution in [1.29, 1.82) is 0 Å². The minimum absolute atomic E-state index is 0. The van der Waals surface area contributed by atoms with E-state index in [1.807, 2.05) is 13.0 Å². The van der Waals surface area contributed by atoms with Gasteiger partial charge < -0.3 is 15.4 Å². The Bertz CT molecular complexity index is 480. The SMILES string of the molecule is Cc1cc(Cl)ccc1OCC(=O)NCCN1CCNCC1.Cl. The fraction of sp³-hybridized carbons (Fsp3) is 0.533. The van der Waals surface area contributed by atoms with E-state index in [-0.39, 0.29) is 24.9 Å². The van der Waals surface area contributed by atoms with Crippen LogP contribution in [-0.4, -0.2) is 56.7 Å². The summed E-state index contributed by atoms with van der Waals surface area (Å²) in [5.74, 6) is 0.594. The molecule has 0 spiro atoms. The highest BCUT2D eigenvalue weighted by Crippen LogP contribution is 2.21. The smallest absolute Gasteiger partial charge is 0.257 e. The third-order valence-electron chi connectivity index (χ3n) is 3.46. The number of rotatable bonds is 6. The predicted octanol–water partition coefficient (Wildman–Crippen LogP) is 1.47. The predicted molar refractivity (Wildman–Crippen MR) is 91.3 cm³/mol. The molecule has 1 aliphatic rings. The third kappa shape index (κ3) is 6.40. The molecule has 2 N–H and O–H groups in total. The number of piperazine rings is 1. The second-order valence-corrected chi connectivity index (χ2v) is 5.58. The largest absolute Gasteiger partial charge is 0.484 e. The molecule has 124 valence electrons. The number of benzene rings is 1. The molecule has 5 nitrogen and oxygen atoms in total. The number of nitrogens with one attached hydrogen (secondary N) is 2. The van der Waals surface area contributed by atoms with Crippen molar-refractivity contribution >= 4 is 29.9 Å². The number of aryl methyl sites for hydroxylation is 1. The summed E-state index contributed by atoms with van der Waals surface area (Å²) in [6, 6.07) is 5.36. The molecule has 1 heterocycles. The van der Waals surface area contributed by atoms with Gasteiger partial charge in [-0.05, 0) is 30.7 Å². The number of nitrogens with zero attached hydrogens (tertiary/aromatic N) is 1. The molecular weight excluding hydrogens is 325 g/mol. The highest BCUT2D eigenvalue weighted by Gasteiger charge is 2.10. The van der Waals surface area contributed by atoms with Crippen molar-refractivity contribution in [2.75, 3.05) is 45.9 Å². The van der Waals surface area contributed by atoms with E-state index in [1.54, 1.807) is 12.1 Å². The first-order chi connectivity index (χ1) is 10.1. The van der Waals surface area contributed by atoms with E-state index in [0.29, 0.717) is 17.3 Å². The Kier molecular flexibility index (Phi) is 8.56. The monoisotopic (exact) mass is 347 g/mol. The van der Waals surface area contributed by atoms with Crippen LogP contribution in [-0.2, 0) is 4.79 Å². The number of amides is 1. The van der Waals surface area contributed by atoms with E-state index in [9.17, 15) is 4.79 Å². The first-order valence-corrected chi connectivity index (χ1v) is 7.61. The molecule has 0 aliphatic carbocycles. The summed E-state index contributed by atoms with van der Waals surface area (Å²) in [7, 11) is 0. The van der Waals surface area contributed by atoms with Crippen molar-refractivity contribution in [1.82, 2.24) is 15.5 Å². The summed E-state index contributed by atoms with van der Waals surface area (Å²) in [6.45, 7) is 7.59. The summed E-state index contributed by atoms with van der Waals surface area (Å²) >= 11 is 5.88. The topological polar surface area (TPSA) is 53.6 Å². The van der Waals surface area contributed by atoms with Crippen LogP contribution in [0.15, 0.2) is 18.2 Å².